The summed E-state index contributed by atoms with van der Waals surface area (Å²) >= 11 is 1.19. The van der Waals surface area contributed by atoms with E-state index in [1.807, 2.05) is 4.90 Å². The van der Waals surface area contributed by atoms with Crippen molar-refractivity contribution in [3.63, 3.8) is 0 Å². The van der Waals surface area contributed by atoms with Crippen LogP contribution < -0.4 is 15.8 Å². The van der Waals surface area contributed by atoms with Crippen LogP contribution in [0.15, 0.2) is 36.4 Å². The minimum Gasteiger partial charge on any atom is -0.480 e. The third-order valence-electron chi connectivity index (χ3n) is 5.26. The average Bonchev–Trinajstić information content (AvgIpc) is 3.42. The van der Waals surface area contributed by atoms with Crippen LogP contribution in [-0.2, 0) is 26.3 Å². The van der Waals surface area contributed by atoms with Crippen LogP contribution in [0.1, 0.15) is 33.0 Å². The van der Waals surface area contributed by atoms with Gasteiger partial charge in [0.05, 0.1) is 6.04 Å². The molecule has 1 aliphatic rings. The molecule has 6 N–H and O–H groups in total. The highest BCUT2D eigenvalue weighted by Crippen LogP contribution is 2.25. The molecule has 2 atom stereocenters. The number of hydrogen-bond acceptors (Lipinski definition) is 9. The van der Waals surface area contributed by atoms with Crippen molar-refractivity contribution in [2.45, 2.75) is 31.5 Å². The van der Waals surface area contributed by atoms with E-state index < -0.39 is 45.8 Å². The van der Waals surface area contributed by atoms with Gasteiger partial charge in [-0.25, -0.2) is 9.59 Å². The summed E-state index contributed by atoms with van der Waals surface area (Å²) in [6.07, 6.45) is 1.12. The molecule has 1 fully saturated rings. The lowest BCUT2D eigenvalue weighted by atomic mass is 10.2. The predicted octanol–water partition coefficient (Wildman–Crippen LogP) is 0.673. The number of nitrogen functional groups attached to an aromatic ring is 1. The number of amidine groups is 1. The summed E-state index contributed by atoms with van der Waals surface area (Å²) in [6, 6.07) is 7.06. The van der Waals surface area contributed by atoms with Crippen LogP contribution in [0.2, 0.25) is 0 Å². The van der Waals surface area contributed by atoms with Crippen LogP contribution in [0.25, 0.3) is 0 Å². The normalized spacial score (nSPS) is 17.0. The van der Waals surface area contributed by atoms with E-state index in [-0.39, 0.29) is 5.84 Å². The first kappa shape index (κ1) is 26.3. The fourth-order valence-electron chi connectivity index (χ4n) is 3.60. The van der Waals surface area contributed by atoms with Gasteiger partial charge in [0, 0.05) is 17.0 Å². The molecule has 0 spiro atoms. The molecule has 0 bridgehead atoms. The average molecular weight is 525 g/mol. The number of carboxylic acid groups (broad SMARTS) is 1. The Balaban J connectivity index is 1.61. The molecular formula is C21H24N4O8S2. The lowest BCUT2D eigenvalue weighted by Gasteiger charge is -2.24. The van der Waals surface area contributed by atoms with Crippen molar-refractivity contribution in [1.29, 1.82) is 5.41 Å². The Labute approximate surface area is 204 Å². The van der Waals surface area contributed by atoms with Crippen LogP contribution >= 0.6 is 11.3 Å². The Morgan fingerprint density at radius 1 is 1.23 bits per heavy atom. The number of carbonyl (C=O) groups is 3. The van der Waals surface area contributed by atoms with Crippen molar-refractivity contribution >= 4 is 45.1 Å². The van der Waals surface area contributed by atoms with Gasteiger partial charge in [0.2, 0.25) is 5.91 Å². The van der Waals surface area contributed by atoms with E-state index in [1.54, 1.807) is 24.3 Å². The number of esters is 1. The van der Waals surface area contributed by atoms with E-state index >= 15 is 0 Å². The molecule has 0 aliphatic carbocycles. The molecule has 1 aromatic heterocycles. The summed E-state index contributed by atoms with van der Waals surface area (Å²) < 4.78 is 36.4. The third-order valence-corrected chi connectivity index (χ3v) is 7.06. The Bertz CT molecular complexity index is 1230. The van der Waals surface area contributed by atoms with Gasteiger partial charge >= 0.3 is 11.9 Å². The first-order chi connectivity index (χ1) is 16.4. The monoisotopic (exact) mass is 524 g/mol. The fourth-order valence-corrected chi connectivity index (χ4v) is 5.16. The van der Waals surface area contributed by atoms with E-state index in [2.05, 4.69) is 5.32 Å². The SMILES string of the molecule is N=C(N)c1ccc(OC(=O)c2ccc(CN3CCCC3C(=O)N[C@@H](CS(=O)(=O)O)C(=O)O)s2)cc1. The number of aliphatic carboxylic acids is 1. The number of thiophene rings is 1. The van der Waals surface area contributed by atoms with Gasteiger partial charge in [-0.2, -0.15) is 8.42 Å². The maximum absolute atomic E-state index is 12.6. The summed E-state index contributed by atoms with van der Waals surface area (Å²) in [5.74, 6) is -3.72. The summed E-state index contributed by atoms with van der Waals surface area (Å²) in [5, 5.41) is 18.7. The summed E-state index contributed by atoms with van der Waals surface area (Å²) in [4.78, 5) is 39.3. The molecule has 1 saturated heterocycles. The van der Waals surface area contributed by atoms with Crippen molar-refractivity contribution in [1.82, 2.24) is 10.2 Å². The summed E-state index contributed by atoms with van der Waals surface area (Å²) in [5.41, 5.74) is 5.90. The second-order valence-corrected chi connectivity index (χ2v) is 10.5. The molecule has 1 aliphatic heterocycles. The molecule has 1 unspecified atom stereocenters. The zero-order chi connectivity index (χ0) is 25.8. The molecule has 1 aromatic carbocycles. The maximum atomic E-state index is 12.6. The van der Waals surface area contributed by atoms with Crippen LogP contribution in [-0.4, -0.2) is 71.0 Å². The first-order valence-corrected chi connectivity index (χ1v) is 12.8. The zero-order valence-corrected chi connectivity index (χ0v) is 20.0. The Hall–Kier alpha value is -3.33. The Kier molecular flexibility index (Phi) is 8.22. The van der Waals surface area contributed by atoms with Gasteiger partial charge < -0.3 is 20.9 Å². The highest BCUT2D eigenvalue weighted by atomic mass is 32.2. The molecule has 35 heavy (non-hydrogen) atoms. The number of rotatable bonds is 10. The molecule has 0 radical (unpaired) electrons. The van der Waals surface area contributed by atoms with Crippen LogP contribution in [0.5, 0.6) is 5.75 Å². The van der Waals surface area contributed by atoms with Crippen molar-refractivity contribution in [2.24, 2.45) is 5.73 Å². The van der Waals surface area contributed by atoms with Gasteiger partial charge in [0.25, 0.3) is 10.1 Å². The number of hydrogen-bond donors (Lipinski definition) is 5. The topological polar surface area (TPSA) is 200 Å². The Morgan fingerprint density at radius 3 is 2.51 bits per heavy atom. The largest absolute Gasteiger partial charge is 0.480 e. The predicted molar refractivity (Wildman–Crippen MR) is 126 cm³/mol. The number of nitrogens with two attached hydrogens (primary N) is 1. The minimum atomic E-state index is -4.60. The number of amides is 1. The second kappa shape index (κ2) is 10.9. The lowest BCUT2D eigenvalue weighted by molar-refractivity contribution is -0.141. The molecule has 0 saturated carbocycles. The maximum Gasteiger partial charge on any atom is 0.353 e. The lowest BCUT2D eigenvalue weighted by Crippen LogP contribution is -2.51. The van der Waals surface area contributed by atoms with Gasteiger partial charge in [-0.1, -0.05) is 0 Å². The molecule has 14 heteroatoms. The third kappa shape index (κ3) is 7.32. The molecule has 1 amide bonds. The highest BCUT2D eigenvalue weighted by molar-refractivity contribution is 7.85. The molecule has 12 nitrogen and oxygen atoms in total. The number of likely N-dealkylation sites (tertiary alicyclic amines) is 1. The second-order valence-electron chi connectivity index (χ2n) is 7.87. The quantitative estimate of drug-likeness (QED) is 0.0967. The van der Waals surface area contributed by atoms with Crippen molar-refractivity contribution in [2.75, 3.05) is 12.3 Å². The van der Waals surface area contributed by atoms with Gasteiger partial charge in [0.15, 0.2) is 0 Å². The van der Waals surface area contributed by atoms with E-state index in [9.17, 15) is 22.8 Å². The van der Waals surface area contributed by atoms with Crippen LogP contribution in [0.3, 0.4) is 0 Å². The van der Waals surface area contributed by atoms with Crippen molar-refractivity contribution in [3.05, 3.63) is 51.7 Å². The van der Waals surface area contributed by atoms with Crippen LogP contribution in [0.4, 0.5) is 0 Å². The molecule has 3 rings (SSSR count). The number of ether oxygens (including phenoxy) is 1. The number of nitrogens with zero attached hydrogens (tertiary/aromatic N) is 1. The molecule has 2 aromatic rings. The zero-order valence-electron chi connectivity index (χ0n) is 18.3. The number of carboxylic acids is 1. The number of nitrogens with one attached hydrogen (secondary N) is 2. The van der Waals surface area contributed by atoms with E-state index in [4.69, 9.17) is 25.5 Å². The van der Waals surface area contributed by atoms with E-state index in [0.717, 1.165) is 4.88 Å². The summed E-state index contributed by atoms with van der Waals surface area (Å²) in [6.45, 7) is 0.869. The van der Waals surface area contributed by atoms with E-state index in [1.165, 1.54) is 23.5 Å². The molecule has 2 heterocycles. The minimum absolute atomic E-state index is 0.100. The smallest absolute Gasteiger partial charge is 0.353 e. The number of benzene rings is 1. The van der Waals surface area contributed by atoms with Gasteiger partial charge in [-0.15, -0.1) is 11.3 Å². The van der Waals surface area contributed by atoms with Crippen LogP contribution in [0, 0.1) is 5.41 Å². The standard InChI is InChI=1S/C21H24N4O8S2/c22-18(23)12-3-5-13(6-4-12)33-21(29)17-8-7-14(34-17)10-25-9-1-2-16(25)19(26)24-15(20(27)28)11-35(30,31)32/h3-8,15-16H,1-2,9-11H2,(H3,22,23)(H,24,26)(H,27,28)(H,30,31,32)/t15-,16?/m0/s1. The fraction of sp³-hybridized carbons (Fsp3) is 0.333. The summed E-state index contributed by atoms with van der Waals surface area (Å²) in [7, 11) is -4.60. The van der Waals surface area contributed by atoms with Crippen molar-refractivity contribution < 1.29 is 37.2 Å². The molecular weight excluding hydrogens is 500 g/mol. The van der Waals surface area contributed by atoms with E-state index in [0.29, 0.717) is 42.1 Å². The van der Waals surface area contributed by atoms with Gasteiger partial charge in [-0.05, 0) is 55.8 Å². The first-order valence-electron chi connectivity index (χ1n) is 10.4. The molecule has 188 valence electrons. The number of carbonyl (C=O) groups excluding carboxylic acids is 2. The van der Waals surface area contributed by atoms with Gasteiger partial charge in [0.1, 0.15) is 28.3 Å². The highest BCUT2D eigenvalue weighted by Gasteiger charge is 2.34. The van der Waals surface area contributed by atoms with Gasteiger partial charge in [-0.3, -0.25) is 19.7 Å². The van der Waals surface area contributed by atoms with Crippen molar-refractivity contribution in [3.8, 4) is 5.75 Å². The Morgan fingerprint density at radius 2 is 1.91 bits per heavy atom.